The molecule has 0 aliphatic rings. The average molecular weight is 296 g/mol. The second-order valence-corrected chi connectivity index (χ2v) is 4.54. The topological polar surface area (TPSA) is 66.0 Å². The third-order valence-corrected chi connectivity index (χ3v) is 3.04. The van der Waals surface area contributed by atoms with Crippen LogP contribution in [-0.4, -0.2) is 20.0 Å². The Morgan fingerprint density at radius 3 is 2.95 bits per heavy atom. The standard InChI is InChI=1S/C15H9FN4O2/c16-10-4-5-14-13(8-10)18-15(22-14)21-12-3-1-2-11(9-12)20-7-6-17-19-20/h1-9H. The lowest BCUT2D eigenvalue weighted by molar-refractivity contribution is 0.343. The number of hydrogen-bond donors (Lipinski definition) is 0. The summed E-state index contributed by atoms with van der Waals surface area (Å²) in [4.78, 5) is 4.10. The molecular formula is C15H9FN4O2. The molecule has 0 saturated heterocycles. The van der Waals surface area contributed by atoms with Crippen LogP contribution in [0.1, 0.15) is 0 Å². The number of ether oxygens (including phenoxy) is 1. The van der Waals surface area contributed by atoms with Crippen molar-refractivity contribution in [2.24, 2.45) is 0 Å². The van der Waals surface area contributed by atoms with Crippen LogP contribution in [-0.2, 0) is 0 Å². The number of nitrogens with zero attached hydrogens (tertiary/aromatic N) is 4. The molecule has 0 fully saturated rings. The lowest BCUT2D eigenvalue weighted by Gasteiger charge is -2.03. The molecule has 0 radical (unpaired) electrons. The molecule has 0 aliphatic carbocycles. The molecular weight excluding hydrogens is 287 g/mol. The number of halogens is 1. The summed E-state index contributed by atoms with van der Waals surface area (Å²) >= 11 is 0. The summed E-state index contributed by atoms with van der Waals surface area (Å²) in [7, 11) is 0. The Kier molecular flexibility index (Phi) is 2.82. The molecule has 0 spiro atoms. The molecule has 0 amide bonds. The molecule has 2 heterocycles. The molecule has 0 aliphatic heterocycles. The van der Waals surface area contributed by atoms with Gasteiger partial charge < -0.3 is 9.15 Å². The molecule has 0 bridgehead atoms. The Morgan fingerprint density at radius 2 is 2.09 bits per heavy atom. The molecule has 2 aromatic heterocycles. The van der Waals surface area contributed by atoms with E-state index in [-0.39, 0.29) is 11.9 Å². The van der Waals surface area contributed by atoms with E-state index in [0.717, 1.165) is 5.69 Å². The highest BCUT2D eigenvalue weighted by atomic mass is 19.1. The minimum atomic E-state index is -0.375. The van der Waals surface area contributed by atoms with Crippen LogP contribution < -0.4 is 4.74 Å². The third-order valence-electron chi connectivity index (χ3n) is 3.04. The maximum absolute atomic E-state index is 13.1. The van der Waals surface area contributed by atoms with E-state index >= 15 is 0 Å². The summed E-state index contributed by atoms with van der Waals surface area (Å²) in [5.74, 6) is 0.153. The van der Waals surface area contributed by atoms with Crippen LogP contribution in [0.3, 0.4) is 0 Å². The van der Waals surface area contributed by atoms with Crippen LogP contribution in [0.5, 0.6) is 11.8 Å². The second-order valence-electron chi connectivity index (χ2n) is 4.54. The zero-order chi connectivity index (χ0) is 14.9. The Balaban J connectivity index is 1.66. The molecule has 6 nitrogen and oxygen atoms in total. The van der Waals surface area contributed by atoms with Gasteiger partial charge in [0.1, 0.15) is 17.1 Å². The first-order valence-electron chi connectivity index (χ1n) is 6.49. The van der Waals surface area contributed by atoms with Crippen molar-refractivity contribution in [3.05, 3.63) is 60.7 Å². The smallest absolute Gasteiger partial charge is 0.400 e. The normalized spacial score (nSPS) is 11.0. The molecule has 4 aromatic rings. The predicted molar refractivity (Wildman–Crippen MR) is 75.4 cm³/mol. The van der Waals surface area contributed by atoms with Gasteiger partial charge in [-0.1, -0.05) is 11.3 Å². The van der Waals surface area contributed by atoms with Crippen molar-refractivity contribution >= 4 is 11.1 Å². The van der Waals surface area contributed by atoms with Gasteiger partial charge >= 0.3 is 6.08 Å². The van der Waals surface area contributed by atoms with E-state index < -0.39 is 0 Å². The maximum Gasteiger partial charge on any atom is 0.400 e. The van der Waals surface area contributed by atoms with Crippen molar-refractivity contribution in [2.75, 3.05) is 0 Å². The van der Waals surface area contributed by atoms with Crippen molar-refractivity contribution in [3.63, 3.8) is 0 Å². The molecule has 4 rings (SSSR count). The quantitative estimate of drug-likeness (QED) is 0.580. The van der Waals surface area contributed by atoms with E-state index in [9.17, 15) is 4.39 Å². The van der Waals surface area contributed by atoms with Gasteiger partial charge in [0.2, 0.25) is 0 Å². The zero-order valence-corrected chi connectivity index (χ0v) is 11.2. The molecule has 0 N–H and O–H groups in total. The Hall–Kier alpha value is -3.22. The first kappa shape index (κ1) is 12.5. The molecule has 2 aromatic carbocycles. The van der Waals surface area contributed by atoms with Gasteiger partial charge in [0.25, 0.3) is 0 Å². The second kappa shape index (κ2) is 4.96. The lowest BCUT2D eigenvalue weighted by Crippen LogP contribution is -1.95. The highest BCUT2D eigenvalue weighted by molar-refractivity contribution is 5.72. The molecule has 0 atom stereocenters. The van der Waals surface area contributed by atoms with E-state index in [0.29, 0.717) is 16.8 Å². The van der Waals surface area contributed by atoms with E-state index in [1.54, 1.807) is 29.2 Å². The number of fused-ring (bicyclic) bond motifs is 1. The first-order valence-corrected chi connectivity index (χ1v) is 6.49. The fourth-order valence-electron chi connectivity index (χ4n) is 2.06. The SMILES string of the molecule is Fc1ccc2oc(Oc3cccc(-n4ccnn4)c3)nc2c1. The fraction of sp³-hybridized carbons (Fsp3) is 0. The fourth-order valence-corrected chi connectivity index (χ4v) is 2.06. The van der Waals surface area contributed by atoms with Gasteiger partial charge in [-0.2, -0.15) is 4.98 Å². The molecule has 7 heteroatoms. The Labute approximate surface area is 123 Å². The van der Waals surface area contributed by atoms with E-state index in [4.69, 9.17) is 9.15 Å². The highest BCUT2D eigenvalue weighted by Gasteiger charge is 2.09. The van der Waals surface area contributed by atoms with Crippen molar-refractivity contribution in [1.29, 1.82) is 0 Å². The molecule has 0 saturated carbocycles. The van der Waals surface area contributed by atoms with E-state index in [1.165, 1.54) is 18.2 Å². The molecule has 108 valence electrons. The number of aromatic nitrogens is 4. The number of oxazole rings is 1. The van der Waals surface area contributed by atoms with Crippen molar-refractivity contribution < 1.29 is 13.5 Å². The van der Waals surface area contributed by atoms with Crippen molar-refractivity contribution in [1.82, 2.24) is 20.0 Å². The Morgan fingerprint density at radius 1 is 1.14 bits per heavy atom. The molecule has 0 unspecified atom stereocenters. The van der Waals surface area contributed by atoms with Gasteiger partial charge in [-0.25, -0.2) is 9.07 Å². The largest absolute Gasteiger partial charge is 0.411 e. The number of rotatable bonds is 3. The highest BCUT2D eigenvalue weighted by Crippen LogP contribution is 2.26. The number of hydrogen-bond acceptors (Lipinski definition) is 5. The third kappa shape index (κ3) is 2.28. The average Bonchev–Trinajstić information content (AvgIpc) is 3.16. The molecule has 22 heavy (non-hydrogen) atoms. The summed E-state index contributed by atoms with van der Waals surface area (Å²) < 4.78 is 25.8. The van der Waals surface area contributed by atoms with Gasteiger partial charge in [0, 0.05) is 12.1 Å². The van der Waals surface area contributed by atoms with E-state index in [1.807, 2.05) is 12.1 Å². The summed E-state index contributed by atoms with van der Waals surface area (Å²) in [5, 5.41) is 7.66. The number of benzene rings is 2. The van der Waals surface area contributed by atoms with Crippen LogP contribution in [0.15, 0.2) is 59.3 Å². The summed E-state index contributed by atoms with van der Waals surface area (Å²) in [6.45, 7) is 0. The summed E-state index contributed by atoms with van der Waals surface area (Å²) in [6.07, 6.45) is 3.36. The maximum atomic E-state index is 13.1. The van der Waals surface area contributed by atoms with Gasteiger partial charge in [-0.15, -0.1) is 5.10 Å². The van der Waals surface area contributed by atoms with Crippen LogP contribution >= 0.6 is 0 Å². The van der Waals surface area contributed by atoms with Gasteiger partial charge in [0.05, 0.1) is 18.1 Å². The van der Waals surface area contributed by atoms with Gasteiger partial charge in [-0.05, 0) is 24.3 Å². The van der Waals surface area contributed by atoms with Gasteiger partial charge in [0.15, 0.2) is 5.58 Å². The first-order chi connectivity index (χ1) is 10.8. The Bertz CT molecular complexity index is 934. The van der Waals surface area contributed by atoms with Crippen LogP contribution in [0.25, 0.3) is 16.8 Å². The minimum Gasteiger partial charge on any atom is -0.411 e. The lowest BCUT2D eigenvalue weighted by atomic mass is 10.3. The summed E-state index contributed by atoms with van der Waals surface area (Å²) in [5.41, 5.74) is 1.66. The van der Waals surface area contributed by atoms with Crippen molar-refractivity contribution in [3.8, 4) is 17.5 Å². The summed E-state index contributed by atoms with van der Waals surface area (Å²) in [6, 6.07) is 11.3. The van der Waals surface area contributed by atoms with Crippen LogP contribution in [0, 0.1) is 5.82 Å². The minimum absolute atomic E-state index is 0.0522. The van der Waals surface area contributed by atoms with Crippen molar-refractivity contribution in [2.45, 2.75) is 0 Å². The monoisotopic (exact) mass is 296 g/mol. The van der Waals surface area contributed by atoms with Crippen LogP contribution in [0.4, 0.5) is 4.39 Å². The van der Waals surface area contributed by atoms with Gasteiger partial charge in [-0.3, -0.25) is 0 Å². The van der Waals surface area contributed by atoms with E-state index in [2.05, 4.69) is 15.3 Å². The van der Waals surface area contributed by atoms with Crippen LogP contribution in [0.2, 0.25) is 0 Å². The zero-order valence-electron chi connectivity index (χ0n) is 11.2. The predicted octanol–water partition coefficient (Wildman–Crippen LogP) is 3.34.